The Bertz CT molecular complexity index is 422. The van der Waals surface area contributed by atoms with E-state index in [1.165, 1.54) is 0 Å². The molecule has 1 aromatic rings. The highest BCUT2D eigenvalue weighted by Crippen LogP contribution is 2.19. The molecule has 1 aliphatic heterocycles. The van der Waals surface area contributed by atoms with Gasteiger partial charge < -0.3 is 15.2 Å². The van der Waals surface area contributed by atoms with Gasteiger partial charge in [0.15, 0.2) is 0 Å². The molecule has 18 heavy (non-hydrogen) atoms. The van der Waals surface area contributed by atoms with Crippen molar-refractivity contribution in [3.05, 3.63) is 17.0 Å². The molecule has 1 fully saturated rings. The number of hydrogen-bond donors (Lipinski definition) is 1. The van der Waals surface area contributed by atoms with E-state index in [2.05, 4.69) is 12.1 Å². The van der Waals surface area contributed by atoms with E-state index in [0.29, 0.717) is 6.42 Å². The number of nitrogens with zero attached hydrogens (tertiary/aromatic N) is 2. The van der Waals surface area contributed by atoms with Crippen LogP contribution in [0.3, 0.4) is 0 Å². The first-order valence-electron chi connectivity index (χ1n) is 6.45. The van der Waals surface area contributed by atoms with Crippen molar-refractivity contribution in [3.8, 4) is 0 Å². The van der Waals surface area contributed by atoms with Gasteiger partial charge in [-0.05, 0) is 33.6 Å². The quantitative estimate of drug-likeness (QED) is 0.856. The van der Waals surface area contributed by atoms with Crippen LogP contribution in [0.4, 0.5) is 0 Å². The first kappa shape index (κ1) is 13.1. The van der Waals surface area contributed by atoms with Gasteiger partial charge in [0, 0.05) is 24.2 Å². The third-order valence-corrected chi connectivity index (χ3v) is 3.75. The summed E-state index contributed by atoms with van der Waals surface area (Å²) in [5, 5.41) is 3.88. The maximum atomic E-state index is 12.3. The van der Waals surface area contributed by atoms with Crippen LogP contribution in [0, 0.1) is 13.8 Å². The topological polar surface area (TPSA) is 72.4 Å². The van der Waals surface area contributed by atoms with Crippen LogP contribution in [0.25, 0.3) is 0 Å². The van der Waals surface area contributed by atoms with Crippen LogP contribution in [0.5, 0.6) is 0 Å². The number of piperidine rings is 1. The van der Waals surface area contributed by atoms with Crippen LogP contribution in [0.2, 0.25) is 0 Å². The molecule has 0 spiro atoms. The molecule has 0 radical (unpaired) electrons. The average Bonchev–Trinajstić information content (AvgIpc) is 2.60. The highest BCUT2D eigenvalue weighted by Gasteiger charge is 2.28. The molecule has 2 unspecified atom stereocenters. The molecule has 2 heterocycles. The Balaban J connectivity index is 2.04. The molecule has 1 aromatic heterocycles. The first-order valence-corrected chi connectivity index (χ1v) is 6.45. The second-order valence-electron chi connectivity index (χ2n) is 5.20. The van der Waals surface area contributed by atoms with E-state index in [1.807, 2.05) is 18.7 Å². The third kappa shape index (κ3) is 2.56. The molecule has 1 amide bonds. The molecule has 5 heteroatoms. The molecule has 0 aromatic carbocycles. The standard InChI is InChI=1S/C13H21N3O2/c1-8-6-11(14)4-5-16(8)13(17)7-12-9(2)15-18-10(12)3/h8,11H,4-7,14H2,1-3H3. The summed E-state index contributed by atoms with van der Waals surface area (Å²) in [5.41, 5.74) is 7.64. The van der Waals surface area contributed by atoms with E-state index < -0.39 is 0 Å². The highest BCUT2D eigenvalue weighted by atomic mass is 16.5. The Morgan fingerprint density at radius 3 is 2.83 bits per heavy atom. The van der Waals surface area contributed by atoms with E-state index in [-0.39, 0.29) is 18.0 Å². The van der Waals surface area contributed by atoms with Gasteiger partial charge >= 0.3 is 0 Å². The lowest BCUT2D eigenvalue weighted by Gasteiger charge is -2.36. The van der Waals surface area contributed by atoms with Crippen LogP contribution < -0.4 is 5.73 Å². The second kappa shape index (κ2) is 5.10. The maximum absolute atomic E-state index is 12.3. The normalized spacial score (nSPS) is 24.3. The van der Waals surface area contributed by atoms with E-state index in [0.717, 1.165) is 36.4 Å². The van der Waals surface area contributed by atoms with Crippen molar-refractivity contribution in [2.45, 2.75) is 52.1 Å². The number of carbonyl (C=O) groups excluding carboxylic acids is 1. The molecular weight excluding hydrogens is 230 g/mol. The van der Waals surface area contributed by atoms with Gasteiger partial charge in [0.2, 0.25) is 5.91 Å². The van der Waals surface area contributed by atoms with Crippen LogP contribution in [-0.2, 0) is 11.2 Å². The number of amides is 1. The Morgan fingerprint density at radius 1 is 1.56 bits per heavy atom. The highest BCUT2D eigenvalue weighted by molar-refractivity contribution is 5.79. The number of hydrogen-bond acceptors (Lipinski definition) is 4. The molecule has 0 saturated carbocycles. The van der Waals surface area contributed by atoms with E-state index >= 15 is 0 Å². The smallest absolute Gasteiger partial charge is 0.227 e. The molecule has 0 bridgehead atoms. The van der Waals surface area contributed by atoms with Crippen molar-refractivity contribution in [3.63, 3.8) is 0 Å². The minimum atomic E-state index is 0.142. The number of likely N-dealkylation sites (tertiary alicyclic amines) is 1. The van der Waals surface area contributed by atoms with Crippen LogP contribution in [0.1, 0.15) is 36.8 Å². The van der Waals surface area contributed by atoms with Crippen molar-refractivity contribution < 1.29 is 9.32 Å². The van der Waals surface area contributed by atoms with E-state index in [9.17, 15) is 4.79 Å². The number of aromatic nitrogens is 1. The summed E-state index contributed by atoms with van der Waals surface area (Å²) in [6.45, 7) is 6.53. The fourth-order valence-corrected chi connectivity index (χ4v) is 2.59. The monoisotopic (exact) mass is 251 g/mol. The number of carbonyl (C=O) groups is 1. The number of rotatable bonds is 2. The van der Waals surface area contributed by atoms with Gasteiger partial charge in [0.05, 0.1) is 12.1 Å². The Morgan fingerprint density at radius 2 is 2.28 bits per heavy atom. The van der Waals surface area contributed by atoms with Gasteiger partial charge in [-0.2, -0.15) is 0 Å². The summed E-state index contributed by atoms with van der Waals surface area (Å²) in [6.07, 6.45) is 2.14. The molecule has 2 atom stereocenters. The number of aryl methyl sites for hydroxylation is 2. The molecular formula is C13H21N3O2. The summed E-state index contributed by atoms with van der Waals surface area (Å²) in [7, 11) is 0. The molecule has 5 nitrogen and oxygen atoms in total. The molecule has 2 rings (SSSR count). The van der Waals surface area contributed by atoms with Gasteiger partial charge in [0.25, 0.3) is 0 Å². The lowest BCUT2D eigenvalue weighted by molar-refractivity contribution is -0.133. The summed E-state index contributed by atoms with van der Waals surface area (Å²) < 4.78 is 5.09. The summed E-state index contributed by atoms with van der Waals surface area (Å²) in [4.78, 5) is 14.2. The van der Waals surface area contributed by atoms with Crippen LogP contribution in [0.15, 0.2) is 4.52 Å². The Kier molecular flexibility index (Phi) is 3.71. The first-order chi connectivity index (χ1) is 8.49. The Hall–Kier alpha value is -1.36. The van der Waals surface area contributed by atoms with Crippen LogP contribution >= 0.6 is 0 Å². The molecule has 1 aliphatic rings. The second-order valence-corrected chi connectivity index (χ2v) is 5.20. The van der Waals surface area contributed by atoms with E-state index in [1.54, 1.807) is 0 Å². The zero-order valence-electron chi connectivity index (χ0n) is 11.3. The molecule has 100 valence electrons. The van der Waals surface area contributed by atoms with Crippen molar-refractivity contribution in [2.75, 3.05) is 6.54 Å². The lowest BCUT2D eigenvalue weighted by Crippen LogP contribution is -2.48. The molecule has 1 saturated heterocycles. The Labute approximate surface area is 107 Å². The maximum Gasteiger partial charge on any atom is 0.227 e. The van der Waals surface area contributed by atoms with Crippen molar-refractivity contribution in [2.24, 2.45) is 5.73 Å². The fourth-order valence-electron chi connectivity index (χ4n) is 2.59. The van der Waals surface area contributed by atoms with Gasteiger partial charge in [-0.3, -0.25) is 4.79 Å². The largest absolute Gasteiger partial charge is 0.361 e. The minimum Gasteiger partial charge on any atom is -0.361 e. The lowest BCUT2D eigenvalue weighted by atomic mass is 9.98. The predicted octanol–water partition coefficient (Wildman–Crippen LogP) is 1.17. The summed E-state index contributed by atoms with van der Waals surface area (Å²) in [6, 6.07) is 0.449. The van der Waals surface area contributed by atoms with Crippen molar-refractivity contribution in [1.82, 2.24) is 10.1 Å². The fraction of sp³-hybridized carbons (Fsp3) is 0.692. The SMILES string of the molecule is Cc1noc(C)c1CC(=O)N1CCC(N)CC1C. The zero-order valence-corrected chi connectivity index (χ0v) is 11.3. The summed E-state index contributed by atoms with van der Waals surface area (Å²) >= 11 is 0. The molecule has 2 N–H and O–H groups in total. The van der Waals surface area contributed by atoms with Gasteiger partial charge in [0.1, 0.15) is 5.76 Å². The van der Waals surface area contributed by atoms with Gasteiger partial charge in [-0.15, -0.1) is 0 Å². The number of nitrogens with two attached hydrogens (primary N) is 1. The van der Waals surface area contributed by atoms with Crippen molar-refractivity contribution >= 4 is 5.91 Å². The predicted molar refractivity (Wildman–Crippen MR) is 68.1 cm³/mol. The zero-order chi connectivity index (χ0) is 13.3. The van der Waals surface area contributed by atoms with Crippen LogP contribution in [-0.4, -0.2) is 34.6 Å². The summed E-state index contributed by atoms with van der Waals surface area (Å²) in [5.74, 6) is 0.881. The third-order valence-electron chi connectivity index (χ3n) is 3.75. The minimum absolute atomic E-state index is 0.142. The van der Waals surface area contributed by atoms with Gasteiger partial charge in [-0.1, -0.05) is 5.16 Å². The van der Waals surface area contributed by atoms with Crippen molar-refractivity contribution in [1.29, 1.82) is 0 Å². The average molecular weight is 251 g/mol. The molecule has 0 aliphatic carbocycles. The van der Waals surface area contributed by atoms with E-state index in [4.69, 9.17) is 10.3 Å². The van der Waals surface area contributed by atoms with Gasteiger partial charge in [-0.25, -0.2) is 0 Å².